The van der Waals surface area contributed by atoms with Crippen molar-refractivity contribution in [3.05, 3.63) is 18.2 Å². The summed E-state index contributed by atoms with van der Waals surface area (Å²) in [6, 6.07) is 0. The van der Waals surface area contributed by atoms with Crippen molar-refractivity contribution < 1.29 is 9.53 Å². The van der Waals surface area contributed by atoms with Gasteiger partial charge in [0.25, 0.3) is 5.91 Å². The summed E-state index contributed by atoms with van der Waals surface area (Å²) in [7, 11) is 0. The van der Waals surface area contributed by atoms with E-state index in [0.29, 0.717) is 12.5 Å². The molecule has 1 atom stereocenters. The standard InChI is InChI=1S/C19H32N4O2/c1-5-22(6-2)17(24)16-14-23-12-9-20-18(23)19(25-16)7-10-21(11-8-19)13-15(3)4/h9,12,15-16H,5-8,10-11,13-14H2,1-4H3/t16-/m0/s1. The largest absolute Gasteiger partial charge is 0.352 e. The lowest BCUT2D eigenvalue weighted by molar-refractivity contribution is -0.181. The highest BCUT2D eigenvalue weighted by Crippen LogP contribution is 2.40. The van der Waals surface area contributed by atoms with E-state index in [2.05, 4.69) is 28.3 Å². The van der Waals surface area contributed by atoms with Gasteiger partial charge in [0.15, 0.2) is 6.10 Å². The lowest BCUT2D eigenvalue weighted by Gasteiger charge is -2.46. The molecule has 0 unspecified atom stereocenters. The molecular formula is C19H32N4O2. The van der Waals surface area contributed by atoms with Gasteiger partial charge in [-0.15, -0.1) is 0 Å². The van der Waals surface area contributed by atoms with Crippen molar-refractivity contribution in [3.63, 3.8) is 0 Å². The lowest BCUT2D eigenvalue weighted by atomic mass is 9.88. The molecule has 0 aliphatic carbocycles. The number of ether oxygens (including phenoxy) is 1. The van der Waals surface area contributed by atoms with Crippen molar-refractivity contribution >= 4 is 5.91 Å². The molecule has 0 bridgehead atoms. The van der Waals surface area contributed by atoms with E-state index in [4.69, 9.17) is 4.74 Å². The van der Waals surface area contributed by atoms with Crippen LogP contribution in [-0.4, -0.2) is 64.1 Å². The Hall–Kier alpha value is -1.40. The summed E-state index contributed by atoms with van der Waals surface area (Å²) >= 11 is 0. The number of piperidine rings is 1. The Labute approximate surface area is 151 Å². The molecule has 1 saturated heterocycles. The number of carbonyl (C=O) groups is 1. The normalized spacial score (nSPS) is 23.0. The van der Waals surface area contributed by atoms with E-state index < -0.39 is 11.7 Å². The second-order valence-corrected chi connectivity index (χ2v) is 7.71. The molecule has 0 saturated carbocycles. The van der Waals surface area contributed by atoms with Crippen LogP contribution < -0.4 is 0 Å². The Balaban J connectivity index is 1.79. The number of amides is 1. The average molecular weight is 348 g/mol. The molecule has 3 heterocycles. The average Bonchev–Trinajstić information content (AvgIpc) is 3.07. The molecule has 6 nitrogen and oxygen atoms in total. The third-order valence-electron chi connectivity index (χ3n) is 5.49. The molecule has 6 heteroatoms. The summed E-state index contributed by atoms with van der Waals surface area (Å²) in [6.07, 6.45) is 5.23. The number of hydrogen-bond acceptors (Lipinski definition) is 4. The van der Waals surface area contributed by atoms with Gasteiger partial charge < -0.3 is 19.1 Å². The molecule has 0 radical (unpaired) electrons. The summed E-state index contributed by atoms with van der Waals surface area (Å²) in [5.41, 5.74) is -0.414. The molecule has 1 aromatic rings. The second-order valence-electron chi connectivity index (χ2n) is 7.71. The van der Waals surface area contributed by atoms with Gasteiger partial charge in [-0.3, -0.25) is 4.79 Å². The number of fused-ring (bicyclic) bond motifs is 2. The minimum absolute atomic E-state index is 0.105. The summed E-state index contributed by atoms with van der Waals surface area (Å²) in [4.78, 5) is 21.8. The van der Waals surface area contributed by atoms with Crippen molar-refractivity contribution in [2.75, 3.05) is 32.7 Å². The number of carbonyl (C=O) groups excluding carboxylic acids is 1. The van der Waals surface area contributed by atoms with Crippen molar-refractivity contribution in [1.29, 1.82) is 0 Å². The van der Waals surface area contributed by atoms with E-state index in [9.17, 15) is 4.79 Å². The van der Waals surface area contributed by atoms with Crippen LogP contribution in [0.3, 0.4) is 0 Å². The van der Waals surface area contributed by atoms with E-state index in [1.165, 1.54) is 0 Å². The molecule has 1 spiro atoms. The predicted octanol–water partition coefficient (Wildman–Crippen LogP) is 2.10. The summed E-state index contributed by atoms with van der Waals surface area (Å²) in [6.45, 7) is 13.7. The van der Waals surface area contributed by atoms with Crippen LogP contribution in [0.5, 0.6) is 0 Å². The molecular weight excluding hydrogens is 316 g/mol. The van der Waals surface area contributed by atoms with Gasteiger partial charge in [0.05, 0.1) is 6.54 Å². The molecule has 25 heavy (non-hydrogen) atoms. The van der Waals surface area contributed by atoms with Gasteiger partial charge in [-0.05, 0) is 32.6 Å². The highest BCUT2D eigenvalue weighted by molar-refractivity contribution is 5.81. The first kappa shape index (κ1) is 18.4. The Morgan fingerprint density at radius 1 is 1.36 bits per heavy atom. The molecule has 2 aliphatic heterocycles. The van der Waals surface area contributed by atoms with Crippen LogP contribution in [0.15, 0.2) is 12.4 Å². The first-order valence-electron chi connectivity index (χ1n) is 9.69. The highest BCUT2D eigenvalue weighted by atomic mass is 16.5. The molecule has 1 aromatic heterocycles. The van der Waals surface area contributed by atoms with Crippen molar-refractivity contribution in [1.82, 2.24) is 19.4 Å². The van der Waals surface area contributed by atoms with Crippen molar-refractivity contribution in [3.8, 4) is 0 Å². The Morgan fingerprint density at radius 2 is 2.04 bits per heavy atom. The van der Waals surface area contributed by atoms with E-state index in [1.54, 1.807) is 0 Å². The Bertz CT molecular complexity index is 586. The molecule has 2 aliphatic rings. The van der Waals surface area contributed by atoms with Gasteiger partial charge in [0.1, 0.15) is 11.4 Å². The Kier molecular flexibility index (Phi) is 5.49. The zero-order valence-electron chi connectivity index (χ0n) is 16.1. The van der Waals surface area contributed by atoms with E-state index in [-0.39, 0.29) is 5.91 Å². The maximum atomic E-state index is 12.9. The third kappa shape index (κ3) is 3.60. The molecule has 1 amide bonds. The van der Waals surface area contributed by atoms with Gasteiger partial charge in [-0.25, -0.2) is 4.98 Å². The smallest absolute Gasteiger partial charge is 0.253 e. The fourth-order valence-electron chi connectivity index (χ4n) is 4.22. The van der Waals surface area contributed by atoms with Crippen LogP contribution in [0.1, 0.15) is 46.4 Å². The number of nitrogens with zero attached hydrogens (tertiary/aromatic N) is 4. The van der Waals surface area contributed by atoms with Gasteiger partial charge in [0.2, 0.25) is 0 Å². The van der Waals surface area contributed by atoms with Crippen LogP contribution in [-0.2, 0) is 21.7 Å². The second kappa shape index (κ2) is 7.46. The lowest BCUT2D eigenvalue weighted by Crippen LogP contribution is -2.54. The topological polar surface area (TPSA) is 50.6 Å². The van der Waals surface area contributed by atoms with Crippen LogP contribution >= 0.6 is 0 Å². The number of imidazole rings is 1. The number of likely N-dealkylation sites (tertiary alicyclic amines) is 1. The molecule has 3 rings (SSSR count). The first-order chi connectivity index (χ1) is 12.0. The number of likely N-dealkylation sites (N-methyl/N-ethyl adjacent to an activating group) is 1. The maximum Gasteiger partial charge on any atom is 0.253 e. The molecule has 0 aromatic carbocycles. The number of hydrogen-bond donors (Lipinski definition) is 0. The van der Waals surface area contributed by atoms with Crippen LogP contribution in [0.25, 0.3) is 0 Å². The van der Waals surface area contributed by atoms with Crippen molar-refractivity contribution in [2.45, 2.75) is 58.8 Å². The van der Waals surface area contributed by atoms with Gasteiger partial charge in [-0.2, -0.15) is 0 Å². The summed E-state index contributed by atoms with van der Waals surface area (Å²) < 4.78 is 8.63. The minimum Gasteiger partial charge on any atom is -0.352 e. The zero-order chi connectivity index (χ0) is 18.0. The number of rotatable bonds is 5. The predicted molar refractivity (Wildman–Crippen MR) is 97.2 cm³/mol. The SMILES string of the molecule is CCN(CC)C(=O)[C@@H]1Cn2ccnc2C2(CCN(CC(C)C)CC2)O1. The highest BCUT2D eigenvalue weighted by Gasteiger charge is 2.47. The molecule has 0 N–H and O–H groups in total. The van der Waals surface area contributed by atoms with E-state index in [1.807, 2.05) is 31.1 Å². The third-order valence-corrected chi connectivity index (χ3v) is 5.49. The van der Waals surface area contributed by atoms with Gasteiger partial charge in [0, 0.05) is 45.1 Å². The van der Waals surface area contributed by atoms with Crippen LogP contribution in [0, 0.1) is 5.92 Å². The van der Waals surface area contributed by atoms with Crippen molar-refractivity contribution in [2.24, 2.45) is 5.92 Å². The monoisotopic (exact) mass is 348 g/mol. The summed E-state index contributed by atoms with van der Waals surface area (Å²) in [5, 5.41) is 0. The fraction of sp³-hybridized carbons (Fsp3) is 0.789. The van der Waals surface area contributed by atoms with Crippen LogP contribution in [0.4, 0.5) is 0 Å². The first-order valence-corrected chi connectivity index (χ1v) is 9.69. The van der Waals surface area contributed by atoms with Gasteiger partial charge >= 0.3 is 0 Å². The maximum absolute atomic E-state index is 12.9. The van der Waals surface area contributed by atoms with E-state index in [0.717, 1.165) is 51.4 Å². The van der Waals surface area contributed by atoms with Crippen LogP contribution in [0.2, 0.25) is 0 Å². The minimum atomic E-state index is -0.414. The summed E-state index contributed by atoms with van der Waals surface area (Å²) in [5.74, 6) is 1.77. The molecule has 1 fully saturated rings. The molecule has 140 valence electrons. The van der Waals surface area contributed by atoms with Gasteiger partial charge in [-0.1, -0.05) is 13.8 Å². The Morgan fingerprint density at radius 3 is 2.64 bits per heavy atom. The zero-order valence-corrected chi connectivity index (χ0v) is 16.1. The van der Waals surface area contributed by atoms with E-state index >= 15 is 0 Å². The fourth-order valence-corrected chi connectivity index (χ4v) is 4.22. The number of aromatic nitrogens is 2. The quantitative estimate of drug-likeness (QED) is 0.818.